The molecule has 0 unspecified atom stereocenters. The average molecular weight is 402 g/mol. The SMILES string of the molecule is O=C(Cc1csc(-c2ccccc2)n1)N1CCCc2cc(C(F)(F)F)ccc21. The van der Waals surface area contributed by atoms with Gasteiger partial charge < -0.3 is 4.90 Å². The van der Waals surface area contributed by atoms with E-state index in [9.17, 15) is 18.0 Å². The number of aromatic nitrogens is 1. The van der Waals surface area contributed by atoms with E-state index in [1.54, 1.807) is 4.90 Å². The number of thiazole rings is 1. The van der Waals surface area contributed by atoms with Crippen molar-refractivity contribution in [2.75, 3.05) is 11.4 Å². The largest absolute Gasteiger partial charge is 0.416 e. The molecule has 2 aromatic carbocycles. The monoisotopic (exact) mass is 402 g/mol. The highest BCUT2D eigenvalue weighted by Crippen LogP contribution is 2.35. The molecule has 1 aliphatic rings. The Balaban J connectivity index is 1.53. The summed E-state index contributed by atoms with van der Waals surface area (Å²) in [6.45, 7) is 0.507. The number of hydrogen-bond acceptors (Lipinski definition) is 3. The molecule has 2 heterocycles. The number of halogens is 3. The normalized spacial score (nSPS) is 14.0. The number of hydrogen-bond donors (Lipinski definition) is 0. The number of carbonyl (C=O) groups is 1. The topological polar surface area (TPSA) is 33.2 Å². The van der Waals surface area contributed by atoms with Gasteiger partial charge in [0.15, 0.2) is 0 Å². The second-order valence-corrected chi connectivity index (χ2v) is 7.54. The zero-order chi connectivity index (χ0) is 19.7. The van der Waals surface area contributed by atoms with Gasteiger partial charge >= 0.3 is 6.18 Å². The molecule has 1 aromatic heterocycles. The lowest BCUT2D eigenvalue weighted by Crippen LogP contribution is -2.36. The van der Waals surface area contributed by atoms with Gasteiger partial charge in [-0.2, -0.15) is 13.2 Å². The maximum atomic E-state index is 13.0. The zero-order valence-corrected chi connectivity index (χ0v) is 15.7. The maximum absolute atomic E-state index is 13.0. The number of amides is 1. The Bertz CT molecular complexity index is 998. The van der Waals surface area contributed by atoms with Crippen LogP contribution >= 0.6 is 11.3 Å². The summed E-state index contributed by atoms with van der Waals surface area (Å²) >= 11 is 1.47. The smallest absolute Gasteiger partial charge is 0.312 e. The summed E-state index contributed by atoms with van der Waals surface area (Å²) in [5.74, 6) is -0.148. The minimum absolute atomic E-state index is 0.129. The summed E-state index contributed by atoms with van der Waals surface area (Å²) in [6, 6.07) is 13.3. The first kappa shape index (κ1) is 18.7. The zero-order valence-electron chi connectivity index (χ0n) is 14.9. The van der Waals surface area contributed by atoms with E-state index in [4.69, 9.17) is 0 Å². The summed E-state index contributed by atoms with van der Waals surface area (Å²) in [4.78, 5) is 18.9. The second-order valence-electron chi connectivity index (χ2n) is 6.68. The molecule has 0 spiro atoms. The van der Waals surface area contributed by atoms with Gasteiger partial charge in [0.1, 0.15) is 5.01 Å². The van der Waals surface area contributed by atoms with E-state index in [-0.39, 0.29) is 12.3 Å². The number of anilines is 1. The van der Waals surface area contributed by atoms with Crippen molar-refractivity contribution in [1.29, 1.82) is 0 Å². The number of carbonyl (C=O) groups excluding carboxylic acids is 1. The Morgan fingerprint density at radius 1 is 1.14 bits per heavy atom. The van der Waals surface area contributed by atoms with Crippen molar-refractivity contribution >= 4 is 22.9 Å². The summed E-state index contributed by atoms with van der Waals surface area (Å²) < 4.78 is 38.9. The van der Waals surface area contributed by atoms with Crippen LogP contribution in [-0.4, -0.2) is 17.4 Å². The van der Waals surface area contributed by atoms with Crippen LogP contribution in [0.5, 0.6) is 0 Å². The van der Waals surface area contributed by atoms with Crippen LogP contribution in [0.3, 0.4) is 0 Å². The maximum Gasteiger partial charge on any atom is 0.416 e. The van der Waals surface area contributed by atoms with E-state index >= 15 is 0 Å². The Morgan fingerprint density at radius 2 is 1.93 bits per heavy atom. The number of fused-ring (bicyclic) bond motifs is 1. The molecule has 144 valence electrons. The van der Waals surface area contributed by atoms with Gasteiger partial charge in [0.25, 0.3) is 0 Å². The number of aryl methyl sites for hydroxylation is 1. The number of rotatable bonds is 3. The van der Waals surface area contributed by atoms with Crippen LogP contribution < -0.4 is 4.90 Å². The van der Waals surface area contributed by atoms with Crippen LogP contribution in [0.2, 0.25) is 0 Å². The van der Waals surface area contributed by atoms with E-state index in [0.29, 0.717) is 36.3 Å². The van der Waals surface area contributed by atoms with Crippen LogP contribution in [0.4, 0.5) is 18.9 Å². The lowest BCUT2D eigenvalue weighted by atomic mass is 9.98. The molecule has 0 saturated heterocycles. The molecule has 1 aliphatic heterocycles. The molecule has 0 saturated carbocycles. The highest BCUT2D eigenvalue weighted by molar-refractivity contribution is 7.13. The third kappa shape index (κ3) is 3.80. The van der Waals surface area contributed by atoms with E-state index in [1.807, 2.05) is 35.7 Å². The van der Waals surface area contributed by atoms with Crippen molar-refractivity contribution in [1.82, 2.24) is 4.98 Å². The Morgan fingerprint density at radius 3 is 2.68 bits per heavy atom. The molecule has 0 atom stereocenters. The molecule has 0 N–H and O–H groups in total. The average Bonchev–Trinajstić information content (AvgIpc) is 3.15. The molecule has 3 nitrogen and oxygen atoms in total. The Kier molecular flexibility index (Phi) is 4.93. The van der Waals surface area contributed by atoms with Gasteiger partial charge in [-0.3, -0.25) is 4.79 Å². The second kappa shape index (κ2) is 7.39. The van der Waals surface area contributed by atoms with Crippen LogP contribution in [0.15, 0.2) is 53.9 Å². The summed E-state index contributed by atoms with van der Waals surface area (Å²) in [5.41, 5.74) is 2.13. The van der Waals surface area contributed by atoms with Crippen molar-refractivity contribution in [2.24, 2.45) is 0 Å². The van der Waals surface area contributed by atoms with Crippen molar-refractivity contribution < 1.29 is 18.0 Å². The minimum Gasteiger partial charge on any atom is -0.312 e. The van der Waals surface area contributed by atoms with Crippen molar-refractivity contribution in [3.05, 3.63) is 70.7 Å². The van der Waals surface area contributed by atoms with E-state index in [0.717, 1.165) is 22.7 Å². The third-order valence-corrected chi connectivity index (χ3v) is 5.67. The summed E-state index contributed by atoms with van der Waals surface area (Å²) in [7, 11) is 0. The number of alkyl halides is 3. The van der Waals surface area contributed by atoms with Gasteiger partial charge in [0, 0.05) is 23.2 Å². The highest BCUT2D eigenvalue weighted by atomic mass is 32.1. The van der Waals surface area contributed by atoms with Crippen molar-refractivity contribution in [3.63, 3.8) is 0 Å². The van der Waals surface area contributed by atoms with Crippen molar-refractivity contribution in [2.45, 2.75) is 25.4 Å². The number of benzene rings is 2. The van der Waals surface area contributed by atoms with Crippen LogP contribution in [0, 0.1) is 0 Å². The third-order valence-electron chi connectivity index (χ3n) is 4.73. The molecule has 1 amide bonds. The molecule has 0 bridgehead atoms. The Labute approximate surface area is 164 Å². The molecule has 0 fully saturated rings. The Hall–Kier alpha value is -2.67. The first-order chi connectivity index (χ1) is 13.4. The quantitative estimate of drug-likeness (QED) is 0.592. The first-order valence-electron chi connectivity index (χ1n) is 8.92. The summed E-state index contributed by atoms with van der Waals surface area (Å²) in [5, 5.41) is 2.70. The standard InChI is InChI=1S/C21H17F3N2OS/c22-21(23,24)16-8-9-18-15(11-16)7-4-10-26(18)19(27)12-17-13-28-20(25-17)14-5-2-1-3-6-14/h1-3,5-6,8-9,11,13H,4,7,10,12H2. The van der Waals surface area contributed by atoms with Gasteiger partial charge in [-0.15, -0.1) is 11.3 Å². The predicted octanol–water partition coefficient (Wildman–Crippen LogP) is 5.35. The van der Waals surface area contributed by atoms with Gasteiger partial charge in [-0.25, -0.2) is 4.98 Å². The van der Waals surface area contributed by atoms with Crippen LogP contribution in [-0.2, 0) is 23.8 Å². The molecule has 3 aromatic rings. The first-order valence-corrected chi connectivity index (χ1v) is 9.80. The highest BCUT2D eigenvalue weighted by Gasteiger charge is 2.32. The molecule has 7 heteroatoms. The molecular weight excluding hydrogens is 385 g/mol. The van der Waals surface area contributed by atoms with E-state index < -0.39 is 11.7 Å². The fourth-order valence-corrected chi connectivity index (χ4v) is 4.21. The minimum atomic E-state index is -4.38. The van der Waals surface area contributed by atoms with E-state index in [1.165, 1.54) is 17.4 Å². The van der Waals surface area contributed by atoms with Crippen molar-refractivity contribution in [3.8, 4) is 10.6 Å². The number of nitrogens with zero attached hydrogens (tertiary/aromatic N) is 2. The predicted molar refractivity (Wildman–Crippen MR) is 103 cm³/mol. The van der Waals surface area contributed by atoms with Gasteiger partial charge in [0.05, 0.1) is 17.7 Å². The fraction of sp³-hybridized carbons (Fsp3) is 0.238. The molecule has 0 radical (unpaired) electrons. The summed E-state index contributed by atoms with van der Waals surface area (Å²) in [6.07, 6.45) is -3.07. The van der Waals surface area contributed by atoms with Crippen LogP contribution in [0.1, 0.15) is 23.2 Å². The lowest BCUT2D eigenvalue weighted by molar-refractivity contribution is -0.137. The van der Waals surface area contributed by atoms with E-state index in [2.05, 4.69) is 4.98 Å². The molecule has 0 aliphatic carbocycles. The van der Waals surface area contributed by atoms with Crippen LogP contribution in [0.25, 0.3) is 10.6 Å². The molecule has 4 rings (SSSR count). The van der Waals surface area contributed by atoms with Gasteiger partial charge in [0.2, 0.25) is 5.91 Å². The lowest BCUT2D eigenvalue weighted by Gasteiger charge is -2.30. The molecule has 28 heavy (non-hydrogen) atoms. The molecular formula is C21H17F3N2OS. The van der Waals surface area contributed by atoms with Gasteiger partial charge in [-0.1, -0.05) is 30.3 Å². The fourth-order valence-electron chi connectivity index (χ4n) is 3.38. The van der Waals surface area contributed by atoms with Gasteiger partial charge in [-0.05, 0) is 36.6 Å².